The largest absolute Gasteiger partial charge is 0.481 e. The highest BCUT2D eigenvalue weighted by atomic mass is 35.5. The van der Waals surface area contributed by atoms with Gasteiger partial charge in [-0.05, 0) is 43.7 Å². The second kappa shape index (κ2) is 8.72. The standard InChI is InChI=1S/C15H20ClNO3/c1-2-3-10-17-13(8-9-14(18)19)15(20)11-4-6-12(16)7-5-11/h4-7,13,17H,2-3,8-10H2,1H3,(H,18,19). The van der Waals surface area contributed by atoms with Gasteiger partial charge in [0, 0.05) is 17.0 Å². The summed E-state index contributed by atoms with van der Waals surface area (Å²) in [6.45, 7) is 2.77. The van der Waals surface area contributed by atoms with Crippen molar-refractivity contribution in [2.45, 2.75) is 38.6 Å². The maximum absolute atomic E-state index is 12.4. The van der Waals surface area contributed by atoms with Gasteiger partial charge >= 0.3 is 5.97 Å². The van der Waals surface area contributed by atoms with Gasteiger partial charge in [-0.3, -0.25) is 9.59 Å². The summed E-state index contributed by atoms with van der Waals surface area (Å²) in [4.78, 5) is 23.0. The Morgan fingerprint density at radius 1 is 1.30 bits per heavy atom. The van der Waals surface area contributed by atoms with Crippen molar-refractivity contribution in [1.82, 2.24) is 5.32 Å². The van der Waals surface area contributed by atoms with Crippen LogP contribution in [0, 0.1) is 0 Å². The minimum atomic E-state index is -0.892. The predicted molar refractivity (Wildman–Crippen MR) is 79.4 cm³/mol. The fourth-order valence-electron chi connectivity index (χ4n) is 1.86. The van der Waals surface area contributed by atoms with Crippen LogP contribution < -0.4 is 5.32 Å². The van der Waals surface area contributed by atoms with Gasteiger partial charge in [0.15, 0.2) is 5.78 Å². The SMILES string of the molecule is CCCCNC(CCC(=O)O)C(=O)c1ccc(Cl)cc1. The Morgan fingerprint density at radius 3 is 2.50 bits per heavy atom. The number of nitrogens with one attached hydrogen (secondary N) is 1. The van der Waals surface area contributed by atoms with Crippen molar-refractivity contribution in [2.75, 3.05) is 6.54 Å². The summed E-state index contributed by atoms with van der Waals surface area (Å²) in [6, 6.07) is 6.20. The Balaban J connectivity index is 2.71. The van der Waals surface area contributed by atoms with Crippen LogP contribution in [0.5, 0.6) is 0 Å². The number of carbonyl (C=O) groups is 2. The molecular weight excluding hydrogens is 278 g/mol. The first-order valence-corrected chi connectivity index (χ1v) is 7.17. The molecule has 0 saturated carbocycles. The Kier molecular flexibility index (Phi) is 7.26. The second-order valence-electron chi connectivity index (χ2n) is 4.66. The molecule has 0 spiro atoms. The maximum atomic E-state index is 12.4. The lowest BCUT2D eigenvalue weighted by atomic mass is 10.00. The lowest BCUT2D eigenvalue weighted by Crippen LogP contribution is -2.37. The number of carboxylic acids is 1. The van der Waals surface area contributed by atoms with E-state index in [-0.39, 0.29) is 12.2 Å². The summed E-state index contributed by atoms with van der Waals surface area (Å²) < 4.78 is 0. The molecule has 0 saturated heterocycles. The monoisotopic (exact) mass is 297 g/mol. The van der Waals surface area contributed by atoms with E-state index in [1.54, 1.807) is 24.3 Å². The molecule has 2 N–H and O–H groups in total. The second-order valence-corrected chi connectivity index (χ2v) is 5.10. The number of Topliss-reactive ketones (excluding diaryl/α,β-unsaturated/α-hetero) is 1. The zero-order valence-corrected chi connectivity index (χ0v) is 12.3. The predicted octanol–water partition coefficient (Wildman–Crippen LogP) is 3.15. The van der Waals surface area contributed by atoms with Gasteiger partial charge in [0.1, 0.15) is 0 Å². The highest BCUT2D eigenvalue weighted by Gasteiger charge is 2.20. The van der Waals surface area contributed by atoms with Gasteiger partial charge in [0.05, 0.1) is 6.04 Å². The molecule has 0 heterocycles. The number of ketones is 1. The molecule has 4 nitrogen and oxygen atoms in total. The molecule has 0 radical (unpaired) electrons. The molecule has 0 bridgehead atoms. The normalized spacial score (nSPS) is 12.1. The van der Waals surface area contributed by atoms with Crippen LogP contribution >= 0.6 is 11.6 Å². The van der Waals surface area contributed by atoms with Crippen LogP contribution in [-0.4, -0.2) is 29.4 Å². The Labute approximate surface area is 124 Å². The van der Waals surface area contributed by atoms with Gasteiger partial charge in [0.2, 0.25) is 0 Å². The average molecular weight is 298 g/mol. The van der Waals surface area contributed by atoms with Crippen molar-refractivity contribution in [3.8, 4) is 0 Å². The Morgan fingerprint density at radius 2 is 1.95 bits per heavy atom. The first-order valence-electron chi connectivity index (χ1n) is 6.79. The fraction of sp³-hybridized carbons (Fsp3) is 0.467. The van der Waals surface area contributed by atoms with Crippen LogP contribution in [0.1, 0.15) is 43.0 Å². The molecule has 0 aliphatic rings. The molecule has 110 valence electrons. The summed E-state index contributed by atoms with van der Waals surface area (Å²) in [6.07, 6.45) is 2.24. The van der Waals surface area contributed by atoms with Crippen molar-refractivity contribution in [3.63, 3.8) is 0 Å². The molecule has 1 unspecified atom stereocenters. The molecule has 0 aliphatic heterocycles. The van der Waals surface area contributed by atoms with Crippen molar-refractivity contribution in [2.24, 2.45) is 0 Å². The van der Waals surface area contributed by atoms with Crippen molar-refractivity contribution in [1.29, 1.82) is 0 Å². The number of benzene rings is 1. The van der Waals surface area contributed by atoms with Crippen molar-refractivity contribution < 1.29 is 14.7 Å². The number of aliphatic carboxylic acids is 1. The van der Waals surface area contributed by atoms with E-state index in [9.17, 15) is 9.59 Å². The van der Waals surface area contributed by atoms with Crippen LogP contribution in [0.25, 0.3) is 0 Å². The first-order chi connectivity index (χ1) is 9.54. The number of hydrogen-bond acceptors (Lipinski definition) is 3. The van der Waals surface area contributed by atoms with E-state index in [4.69, 9.17) is 16.7 Å². The minimum Gasteiger partial charge on any atom is -0.481 e. The van der Waals surface area contributed by atoms with Gasteiger partial charge in [-0.25, -0.2) is 0 Å². The maximum Gasteiger partial charge on any atom is 0.303 e. The smallest absolute Gasteiger partial charge is 0.303 e. The van der Waals surface area contributed by atoms with E-state index in [0.717, 1.165) is 12.8 Å². The topological polar surface area (TPSA) is 66.4 Å². The molecule has 1 rings (SSSR count). The highest BCUT2D eigenvalue weighted by Crippen LogP contribution is 2.13. The van der Waals surface area contributed by atoms with E-state index >= 15 is 0 Å². The molecule has 0 fully saturated rings. The zero-order chi connectivity index (χ0) is 15.0. The average Bonchev–Trinajstić information content (AvgIpc) is 2.42. The summed E-state index contributed by atoms with van der Waals surface area (Å²) in [5.41, 5.74) is 0.550. The van der Waals surface area contributed by atoms with Crippen LogP contribution in [0.3, 0.4) is 0 Å². The summed E-state index contributed by atoms with van der Waals surface area (Å²) in [5, 5.41) is 12.5. The highest BCUT2D eigenvalue weighted by molar-refractivity contribution is 6.30. The molecule has 20 heavy (non-hydrogen) atoms. The van der Waals surface area contributed by atoms with Gasteiger partial charge in [-0.2, -0.15) is 0 Å². The molecule has 0 amide bonds. The van der Waals surface area contributed by atoms with Crippen LogP contribution in [0.15, 0.2) is 24.3 Å². The number of halogens is 1. The third-order valence-corrected chi connectivity index (χ3v) is 3.27. The molecular formula is C15H20ClNO3. The summed E-state index contributed by atoms with van der Waals surface area (Å²) in [7, 11) is 0. The Hall–Kier alpha value is -1.39. The summed E-state index contributed by atoms with van der Waals surface area (Å²) in [5.74, 6) is -0.977. The van der Waals surface area contributed by atoms with Gasteiger partial charge in [-0.1, -0.05) is 24.9 Å². The first kappa shape index (κ1) is 16.7. The van der Waals surface area contributed by atoms with E-state index in [1.165, 1.54) is 0 Å². The number of carbonyl (C=O) groups excluding carboxylic acids is 1. The van der Waals surface area contributed by atoms with E-state index in [1.807, 2.05) is 0 Å². The number of rotatable bonds is 9. The van der Waals surface area contributed by atoms with Crippen molar-refractivity contribution >= 4 is 23.4 Å². The van der Waals surface area contributed by atoms with E-state index in [2.05, 4.69) is 12.2 Å². The molecule has 1 aromatic rings. The zero-order valence-electron chi connectivity index (χ0n) is 11.6. The number of hydrogen-bond donors (Lipinski definition) is 2. The fourth-order valence-corrected chi connectivity index (χ4v) is 1.99. The molecule has 1 aromatic carbocycles. The number of carboxylic acid groups (broad SMARTS) is 1. The third-order valence-electron chi connectivity index (χ3n) is 3.01. The van der Waals surface area contributed by atoms with E-state index < -0.39 is 12.0 Å². The molecule has 1 atom stereocenters. The van der Waals surface area contributed by atoms with Gasteiger partial charge < -0.3 is 10.4 Å². The molecule has 0 aliphatic carbocycles. The number of unbranched alkanes of at least 4 members (excludes halogenated alkanes) is 1. The Bertz CT molecular complexity index is 445. The lowest BCUT2D eigenvalue weighted by molar-refractivity contribution is -0.137. The van der Waals surface area contributed by atoms with Gasteiger partial charge in [0.25, 0.3) is 0 Å². The van der Waals surface area contributed by atoms with Crippen molar-refractivity contribution in [3.05, 3.63) is 34.9 Å². The minimum absolute atomic E-state index is 0.0247. The van der Waals surface area contributed by atoms with Gasteiger partial charge in [-0.15, -0.1) is 0 Å². The lowest BCUT2D eigenvalue weighted by Gasteiger charge is -2.17. The summed E-state index contributed by atoms with van der Waals surface area (Å²) >= 11 is 5.80. The molecule has 0 aromatic heterocycles. The molecule has 5 heteroatoms. The van der Waals surface area contributed by atoms with Crippen LogP contribution in [0.2, 0.25) is 5.02 Å². The van der Waals surface area contributed by atoms with E-state index in [0.29, 0.717) is 23.6 Å². The van der Waals surface area contributed by atoms with Crippen LogP contribution in [0.4, 0.5) is 0 Å². The quantitative estimate of drug-likeness (QED) is 0.543. The van der Waals surface area contributed by atoms with Crippen LogP contribution in [-0.2, 0) is 4.79 Å². The third kappa shape index (κ3) is 5.72.